The Labute approximate surface area is 120 Å². The van der Waals surface area contributed by atoms with Gasteiger partial charge in [-0.1, -0.05) is 17.3 Å². The second-order valence-corrected chi connectivity index (χ2v) is 4.30. The Balaban J connectivity index is 1.99. The lowest BCUT2D eigenvalue weighted by Gasteiger charge is -2.02. The molecule has 0 amide bonds. The van der Waals surface area contributed by atoms with Crippen LogP contribution in [0.3, 0.4) is 0 Å². The third-order valence-electron chi connectivity index (χ3n) is 2.82. The minimum atomic E-state index is -0.547. The van der Waals surface area contributed by atoms with E-state index >= 15 is 0 Å². The van der Waals surface area contributed by atoms with Crippen molar-refractivity contribution in [2.24, 2.45) is 5.16 Å². The van der Waals surface area contributed by atoms with Crippen molar-refractivity contribution in [1.82, 2.24) is 9.97 Å². The second kappa shape index (κ2) is 6.56. The van der Waals surface area contributed by atoms with Crippen LogP contribution in [-0.2, 0) is 11.4 Å². The number of rotatable bonds is 5. The van der Waals surface area contributed by atoms with Crippen LogP contribution in [0.4, 0.5) is 0 Å². The number of H-pyrrole nitrogens is 2. The first-order valence-corrected chi connectivity index (χ1v) is 6.21. The number of ether oxygens (including phenoxy) is 1. The fraction of sp³-hybridized carbons (Fsp3) is 0.214. The fourth-order valence-electron chi connectivity index (χ4n) is 1.69. The van der Waals surface area contributed by atoms with Gasteiger partial charge >= 0.3 is 5.69 Å². The predicted octanol–water partition coefficient (Wildman–Crippen LogP) is 0.931. The van der Waals surface area contributed by atoms with Gasteiger partial charge in [0.1, 0.15) is 12.4 Å². The maximum absolute atomic E-state index is 11.6. The molecule has 0 saturated heterocycles. The summed E-state index contributed by atoms with van der Waals surface area (Å²) < 4.78 is 5.05. The van der Waals surface area contributed by atoms with Crippen molar-refractivity contribution in [1.29, 1.82) is 0 Å². The standard InChI is InChI=1S/C14H15N3O4/c1-9-12(13(18)17-14(19)16-9)7-15-21-8-10-3-5-11(20-2)6-4-10/h3-7H,8H2,1-2H3,(H2,16,17,18,19). The number of nitrogens with zero attached hydrogens (tertiary/aromatic N) is 1. The quantitative estimate of drug-likeness (QED) is 0.632. The fourth-order valence-corrected chi connectivity index (χ4v) is 1.69. The highest BCUT2D eigenvalue weighted by atomic mass is 16.6. The zero-order valence-corrected chi connectivity index (χ0v) is 11.7. The summed E-state index contributed by atoms with van der Waals surface area (Å²) in [6.07, 6.45) is 1.27. The molecular weight excluding hydrogens is 274 g/mol. The smallest absolute Gasteiger partial charge is 0.325 e. The topological polar surface area (TPSA) is 96.5 Å². The van der Waals surface area contributed by atoms with Gasteiger partial charge in [-0.3, -0.25) is 9.78 Å². The van der Waals surface area contributed by atoms with Crippen LogP contribution in [-0.4, -0.2) is 23.3 Å². The zero-order chi connectivity index (χ0) is 15.2. The lowest BCUT2D eigenvalue weighted by atomic mass is 10.2. The molecule has 0 aliphatic carbocycles. The molecule has 2 N–H and O–H groups in total. The Kier molecular flexibility index (Phi) is 4.55. The number of aromatic nitrogens is 2. The molecule has 0 fully saturated rings. The number of nitrogens with one attached hydrogen (secondary N) is 2. The zero-order valence-electron chi connectivity index (χ0n) is 11.7. The van der Waals surface area contributed by atoms with E-state index < -0.39 is 11.2 Å². The summed E-state index contributed by atoms with van der Waals surface area (Å²) in [7, 11) is 1.60. The molecule has 7 nitrogen and oxygen atoms in total. The number of methoxy groups -OCH3 is 1. The molecular formula is C14H15N3O4. The van der Waals surface area contributed by atoms with E-state index in [4.69, 9.17) is 9.57 Å². The third-order valence-corrected chi connectivity index (χ3v) is 2.82. The van der Waals surface area contributed by atoms with Gasteiger partial charge in [0.2, 0.25) is 0 Å². The maximum atomic E-state index is 11.6. The Bertz CT molecular complexity index is 744. The van der Waals surface area contributed by atoms with E-state index in [-0.39, 0.29) is 12.2 Å². The number of benzene rings is 1. The molecule has 21 heavy (non-hydrogen) atoms. The van der Waals surface area contributed by atoms with E-state index in [1.165, 1.54) is 6.21 Å². The molecule has 0 aliphatic rings. The average Bonchev–Trinajstić information content (AvgIpc) is 2.46. The molecule has 1 heterocycles. The minimum absolute atomic E-state index is 0.254. The molecule has 0 atom stereocenters. The van der Waals surface area contributed by atoms with E-state index in [1.54, 1.807) is 14.0 Å². The molecule has 0 spiro atoms. The summed E-state index contributed by atoms with van der Waals surface area (Å²) in [5, 5.41) is 3.73. The van der Waals surface area contributed by atoms with E-state index in [1.807, 2.05) is 24.3 Å². The maximum Gasteiger partial charge on any atom is 0.325 e. The van der Waals surface area contributed by atoms with Crippen LogP contribution in [0.25, 0.3) is 0 Å². The number of aryl methyl sites for hydroxylation is 1. The molecule has 110 valence electrons. The largest absolute Gasteiger partial charge is 0.497 e. The lowest BCUT2D eigenvalue weighted by Crippen LogP contribution is -2.26. The van der Waals surface area contributed by atoms with Gasteiger partial charge in [0.05, 0.1) is 18.9 Å². The normalized spacial score (nSPS) is 10.8. The number of oxime groups is 1. The summed E-state index contributed by atoms with van der Waals surface area (Å²) in [4.78, 5) is 32.3. The van der Waals surface area contributed by atoms with Crippen molar-refractivity contribution in [3.63, 3.8) is 0 Å². The molecule has 1 aromatic heterocycles. The van der Waals surface area contributed by atoms with E-state index in [0.717, 1.165) is 11.3 Å². The van der Waals surface area contributed by atoms with Gasteiger partial charge < -0.3 is 14.6 Å². The number of hydrogen-bond acceptors (Lipinski definition) is 5. The summed E-state index contributed by atoms with van der Waals surface area (Å²) >= 11 is 0. The summed E-state index contributed by atoms with van der Waals surface area (Å²) in [5.41, 5.74) is 0.548. The van der Waals surface area contributed by atoms with E-state index in [2.05, 4.69) is 15.1 Å². The first-order valence-electron chi connectivity index (χ1n) is 6.21. The summed E-state index contributed by atoms with van der Waals surface area (Å²) in [6, 6.07) is 7.34. The molecule has 0 unspecified atom stereocenters. The first kappa shape index (κ1) is 14.6. The van der Waals surface area contributed by atoms with Crippen LogP contribution in [0.2, 0.25) is 0 Å². The second-order valence-electron chi connectivity index (χ2n) is 4.30. The molecule has 2 aromatic rings. The van der Waals surface area contributed by atoms with Crippen LogP contribution in [0, 0.1) is 6.92 Å². The molecule has 1 aromatic carbocycles. The van der Waals surface area contributed by atoms with Crippen molar-refractivity contribution >= 4 is 6.21 Å². The summed E-state index contributed by atoms with van der Waals surface area (Å²) in [5.74, 6) is 0.762. The molecule has 2 rings (SSSR count). The van der Waals surface area contributed by atoms with Crippen molar-refractivity contribution in [2.45, 2.75) is 13.5 Å². The molecule has 0 aliphatic heterocycles. The average molecular weight is 289 g/mol. The van der Waals surface area contributed by atoms with Crippen LogP contribution in [0.1, 0.15) is 16.8 Å². The van der Waals surface area contributed by atoms with Crippen LogP contribution < -0.4 is 16.0 Å². The lowest BCUT2D eigenvalue weighted by molar-refractivity contribution is 0.132. The van der Waals surface area contributed by atoms with Gasteiger partial charge in [-0.05, 0) is 24.6 Å². The Morgan fingerprint density at radius 1 is 1.19 bits per heavy atom. The molecule has 0 bridgehead atoms. The van der Waals surface area contributed by atoms with E-state index in [9.17, 15) is 9.59 Å². The number of aromatic amines is 2. The monoisotopic (exact) mass is 289 g/mol. The molecule has 7 heteroatoms. The first-order chi connectivity index (χ1) is 10.1. The van der Waals surface area contributed by atoms with Crippen molar-refractivity contribution < 1.29 is 9.57 Å². The van der Waals surface area contributed by atoms with Crippen LogP contribution >= 0.6 is 0 Å². The third kappa shape index (κ3) is 3.82. The van der Waals surface area contributed by atoms with Gasteiger partial charge in [0, 0.05) is 5.69 Å². The SMILES string of the molecule is COc1ccc(CON=Cc2c(C)[nH]c(=O)[nH]c2=O)cc1. The van der Waals surface area contributed by atoms with Gasteiger partial charge in [0.15, 0.2) is 0 Å². The van der Waals surface area contributed by atoms with Crippen molar-refractivity contribution in [3.05, 3.63) is 61.9 Å². The Morgan fingerprint density at radius 3 is 2.52 bits per heavy atom. The predicted molar refractivity (Wildman–Crippen MR) is 77.8 cm³/mol. The molecule has 0 radical (unpaired) electrons. The minimum Gasteiger partial charge on any atom is -0.497 e. The van der Waals surface area contributed by atoms with Crippen LogP contribution in [0.5, 0.6) is 5.75 Å². The number of hydrogen-bond donors (Lipinski definition) is 2. The van der Waals surface area contributed by atoms with Gasteiger partial charge in [-0.2, -0.15) is 0 Å². The Morgan fingerprint density at radius 2 is 1.90 bits per heavy atom. The summed E-state index contributed by atoms with van der Waals surface area (Å²) in [6.45, 7) is 1.88. The highest BCUT2D eigenvalue weighted by Gasteiger charge is 2.02. The van der Waals surface area contributed by atoms with E-state index in [0.29, 0.717) is 5.69 Å². The highest BCUT2D eigenvalue weighted by Crippen LogP contribution is 2.11. The van der Waals surface area contributed by atoms with Gasteiger partial charge in [-0.25, -0.2) is 4.79 Å². The molecule has 0 saturated carbocycles. The highest BCUT2D eigenvalue weighted by molar-refractivity contribution is 5.79. The van der Waals surface area contributed by atoms with Crippen molar-refractivity contribution in [2.75, 3.05) is 7.11 Å². The Hall–Kier alpha value is -2.83. The van der Waals surface area contributed by atoms with Gasteiger partial charge in [-0.15, -0.1) is 0 Å². The van der Waals surface area contributed by atoms with Gasteiger partial charge in [0.25, 0.3) is 5.56 Å². The van der Waals surface area contributed by atoms with Crippen molar-refractivity contribution in [3.8, 4) is 5.75 Å². The van der Waals surface area contributed by atoms with Crippen LogP contribution in [0.15, 0.2) is 39.0 Å².